The maximum absolute atomic E-state index is 13.7. The Morgan fingerprint density at radius 3 is 2.58 bits per heavy atom. The van der Waals surface area contributed by atoms with Crippen LogP contribution < -0.4 is 15.2 Å². The van der Waals surface area contributed by atoms with Crippen molar-refractivity contribution in [2.24, 2.45) is 5.73 Å². The van der Waals surface area contributed by atoms with Crippen molar-refractivity contribution in [3.05, 3.63) is 52.3 Å². The Bertz CT molecular complexity index is 590. The van der Waals surface area contributed by atoms with E-state index in [4.69, 9.17) is 15.2 Å². The third-order valence-corrected chi connectivity index (χ3v) is 3.10. The van der Waals surface area contributed by atoms with Crippen LogP contribution >= 0.6 is 15.9 Å². The molecule has 0 bridgehead atoms. The average molecular weight is 326 g/mol. The first kappa shape index (κ1) is 13.8. The lowest BCUT2D eigenvalue weighted by Gasteiger charge is -2.12. The second-order valence-electron chi connectivity index (χ2n) is 3.85. The topological polar surface area (TPSA) is 44.5 Å². The number of rotatable bonds is 4. The summed E-state index contributed by atoms with van der Waals surface area (Å²) < 4.78 is 25.1. The molecule has 0 radical (unpaired) electrons. The molecule has 0 unspecified atom stereocenters. The van der Waals surface area contributed by atoms with Gasteiger partial charge in [-0.2, -0.15) is 0 Å². The predicted octanol–water partition coefficient (Wildman–Crippen LogP) is 3.85. The Balaban J connectivity index is 2.36. The Morgan fingerprint density at radius 2 is 1.95 bits per heavy atom. The molecule has 0 saturated carbocycles. The van der Waals surface area contributed by atoms with E-state index < -0.39 is 5.82 Å². The molecule has 2 aromatic carbocycles. The molecule has 2 aromatic rings. The van der Waals surface area contributed by atoms with Crippen molar-refractivity contribution >= 4 is 15.9 Å². The quantitative estimate of drug-likeness (QED) is 0.928. The standard InChI is InChI=1S/C14H13BrFNO2/c1-18-11-4-2-9(8-17)14(7-11)19-13-5-3-10(15)6-12(13)16/h2-7H,8,17H2,1H3. The second kappa shape index (κ2) is 6.04. The summed E-state index contributed by atoms with van der Waals surface area (Å²) >= 11 is 3.20. The zero-order chi connectivity index (χ0) is 13.8. The maximum atomic E-state index is 13.7. The van der Waals surface area contributed by atoms with Crippen LogP contribution in [-0.2, 0) is 6.54 Å². The lowest BCUT2D eigenvalue weighted by molar-refractivity contribution is 0.403. The van der Waals surface area contributed by atoms with Crippen LogP contribution in [-0.4, -0.2) is 7.11 Å². The molecule has 0 aromatic heterocycles. The summed E-state index contributed by atoms with van der Waals surface area (Å²) in [6, 6.07) is 9.87. The van der Waals surface area contributed by atoms with Gasteiger partial charge in [-0.25, -0.2) is 4.39 Å². The SMILES string of the molecule is COc1ccc(CN)c(Oc2ccc(Br)cc2F)c1. The van der Waals surface area contributed by atoms with E-state index in [9.17, 15) is 4.39 Å². The zero-order valence-corrected chi connectivity index (χ0v) is 11.9. The minimum Gasteiger partial charge on any atom is -0.497 e. The van der Waals surface area contributed by atoms with Crippen molar-refractivity contribution in [1.29, 1.82) is 0 Å². The molecule has 0 atom stereocenters. The summed E-state index contributed by atoms with van der Waals surface area (Å²) in [5.74, 6) is 0.819. The molecule has 100 valence electrons. The molecule has 0 amide bonds. The van der Waals surface area contributed by atoms with Crippen molar-refractivity contribution in [3.8, 4) is 17.2 Å². The van der Waals surface area contributed by atoms with E-state index in [2.05, 4.69) is 15.9 Å². The Hall–Kier alpha value is -1.59. The Labute approximate surface area is 119 Å². The van der Waals surface area contributed by atoms with Gasteiger partial charge in [-0.05, 0) is 24.3 Å². The van der Waals surface area contributed by atoms with Crippen LogP contribution in [0.4, 0.5) is 4.39 Å². The van der Waals surface area contributed by atoms with Gasteiger partial charge < -0.3 is 15.2 Å². The van der Waals surface area contributed by atoms with E-state index in [1.807, 2.05) is 0 Å². The molecule has 0 saturated heterocycles. The van der Waals surface area contributed by atoms with Crippen LogP contribution in [0, 0.1) is 5.82 Å². The zero-order valence-electron chi connectivity index (χ0n) is 10.3. The van der Waals surface area contributed by atoms with Crippen LogP contribution in [0.15, 0.2) is 40.9 Å². The highest BCUT2D eigenvalue weighted by Crippen LogP contribution is 2.31. The second-order valence-corrected chi connectivity index (χ2v) is 4.77. The molecule has 3 nitrogen and oxygen atoms in total. The average Bonchev–Trinajstić information content (AvgIpc) is 2.41. The lowest BCUT2D eigenvalue weighted by Crippen LogP contribution is -2.00. The van der Waals surface area contributed by atoms with Gasteiger partial charge in [0.1, 0.15) is 11.5 Å². The van der Waals surface area contributed by atoms with Gasteiger partial charge in [0.2, 0.25) is 0 Å². The molecule has 5 heteroatoms. The molecule has 0 spiro atoms. The number of benzene rings is 2. The first-order valence-electron chi connectivity index (χ1n) is 5.64. The molecular weight excluding hydrogens is 313 g/mol. The van der Waals surface area contributed by atoms with Gasteiger partial charge in [-0.1, -0.05) is 22.0 Å². The van der Waals surface area contributed by atoms with Crippen LogP contribution in [0.2, 0.25) is 0 Å². The van der Waals surface area contributed by atoms with Crippen molar-refractivity contribution < 1.29 is 13.9 Å². The van der Waals surface area contributed by atoms with E-state index in [0.717, 1.165) is 5.56 Å². The first-order valence-corrected chi connectivity index (χ1v) is 6.43. The largest absolute Gasteiger partial charge is 0.497 e. The maximum Gasteiger partial charge on any atom is 0.166 e. The van der Waals surface area contributed by atoms with Crippen LogP contribution in [0.5, 0.6) is 17.2 Å². The Kier molecular flexibility index (Phi) is 4.39. The van der Waals surface area contributed by atoms with Gasteiger partial charge >= 0.3 is 0 Å². The van der Waals surface area contributed by atoms with Crippen LogP contribution in [0.1, 0.15) is 5.56 Å². The molecule has 0 aliphatic rings. The van der Waals surface area contributed by atoms with Gasteiger partial charge in [0.15, 0.2) is 11.6 Å². The third kappa shape index (κ3) is 3.24. The molecule has 0 aliphatic heterocycles. The van der Waals surface area contributed by atoms with Crippen LogP contribution in [0.25, 0.3) is 0 Å². The van der Waals surface area contributed by atoms with Crippen molar-refractivity contribution in [1.82, 2.24) is 0 Å². The van der Waals surface area contributed by atoms with Gasteiger partial charge in [-0.3, -0.25) is 0 Å². The summed E-state index contributed by atoms with van der Waals surface area (Å²) in [7, 11) is 1.56. The Morgan fingerprint density at radius 1 is 1.16 bits per heavy atom. The summed E-state index contributed by atoms with van der Waals surface area (Å²) in [5, 5.41) is 0. The summed E-state index contributed by atoms with van der Waals surface area (Å²) in [6.07, 6.45) is 0. The van der Waals surface area contributed by atoms with Gasteiger partial charge in [0.05, 0.1) is 7.11 Å². The molecule has 2 N–H and O–H groups in total. The van der Waals surface area contributed by atoms with Crippen molar-refractivity contribution in [2.75, 3.05) is 7.11 Å². The molecule has 19 heavy (non-hydrogen) atoms. The fraction of sp³-hybridized carbons (Fsp3) is 0.143. The fourth-order valence-corrected chi connectivity index (χ4v) is 1.94. The summed E-state index contributed by atoms with van der Waals surface area (Å²) in [5.41, 5.74) is 6.42. The highest BCUT2D eigenvalue weighted by molar-refractivity contribution is 9.10. The highest BCUT2D eigenvalue weighted by atomic mass is 79.9. The minimum atomic E-state index is -0.444. The molecule has 0 heterocycles. The summed E-state index contributed by atoms with van der Waals surface area (Å²) in [4.78, 5) is 0. The molecule has 2 rings (SSSR count). The first-order chi connectivity index (χ1) is 9.13. The van der Waals surface area contributed by atoms with Gasteiger partial charge in [0, 0.05) is 22.6 Å². The number of hydrogen-bond acceptors (Lipinski definition) is 3. The van der Waals surface area contributed by atoms with E-state index in [0.29, 0.717) is 22.5 Å². The number of halogens is 2. The van der Waals surface area contributed by atoms with E-state index in [1.54, 1.807) is 37.4 Å². The molecule has 0 aliphatic carbocycles. The van der Waals surface area contributed by atoms with E-state index in [-0.39, 0.29) is 5.75 Å². The molecular formula is C14H13BrFNO2. The number of nitrogens with two attached hydrogens (primary N) is 1. The predicted molar refractivity (Wildman–Crippen MR) is 75.1 cm³/mol. The lowest BCUT2D eigenvalue weighted by atomic mass is 10.2. The smallest absolute Gasteiger partial charge is 0.166 e. The number of hydrogen-bond donors (Lipinski definition) is 1. The fourth-order valence-electron chi connectivity index (χ4n) is 1.60. The van der Waals surface area contributed by atoms with Crippen LogP contribution in [0.3, 0.4) is 0 Å². The number of ether oxygens (including phenoxy) is 2. The van der Waals surface area contributed by atoms with Crippen molar-refractivity contribution in [3.63, 3.8) is 0 Å². The monoisotopic (exact) mass is 325 g/mol. The summed E-state index contributed by atoms with van der Waals surface area (Å²) in [6.45, 7) is 0.303. The van der Waals surface area contributed by atoms with Gasteiger partial charge in [-0.15, -0.1) is 0 Å². The van der Waals surface area contributed by atoms with Gasteiger partial charge in [0.25, 0.3) is 0 Å². The third-order valence-electron chi connectivity index (χ3n) is 2.61. The highest BCUT2D eigenvalue weighted by Gasteiger charge is 2.09. The minimum absolute atomic E-state index is 0.145. The molecule has 0 fully saturated rings. The van der Waals surface area contributed by atoms with E-state index >= 15 is 0 Å². The normalized spacial score (nSPS) is 10.3. The van der Waals surface area contributed by atoms with E-state index in [1.165, 1.54) is 6.07 Å². The van der Waals surface area contributed by atoms with Crippen molar-refractivity contribution in [2.45, 2.75) is 6.54 Å². The number of methoxy groups -OCH3 is 1.